The molecule has 2 aromatic heterocycles. The summed E-state index contributed by atoms with van der Waals surface area (Å²) in [5, 5.41) is 9.75. The van der Waals surface area contributed by atoms with Crippen molar-refractivity contribution >= 4 is 40.0 Å². The van der Waals surface area contributed by atoms with Crippen molar-refractivity contribution in [2.75, 3.05) is 17.7 Å². The number of aryl methyl sites for hydroxylation is 1. The van der Waals surface area contributed by atoms with E-state index in [1.165, 1.54) is 11.8 Å². The average molecular weight is 407 g/mol. The topological polar surface area (TPSA) is 72.5 Å². The van der Waals surface area contributed by atoms with Crippen molar-refractivity contribution < 1.29 is 4.79 Å². The van der Waals surface area contributed by atoms with Crippen molar-refractivity contribution in [2.24, 2.45) is 0 Å². The van der Waals surface area contributed by atoms with Gasteiger partial charge in [-0.1, -0.05) is 49.0 Å². The first-order valence-electron chi connectivity index (χ1n) is 9.43. The van der Waals surface area contributed by atoms with Crippen LogP contribution in [0, 0.1) is 0 Å². The quantitative estimate of drug-likeness (QED) is 0.459. The molecule has 0 aliphatic carbocycles. The first-order chi connectivity index (χ1) is 14.1. The van der Waals surface area contributed by atoms with Crippen molar-refractivity contribution in [1.82, 2.24) is 19.2 Å². The van der Waals surface area contributed by atoms with Crippen LogP contribution in [0.3, 0.4) is 0 Å². The summed E-state index contributed by atoms with van der Waals surface area (Å²) in [6, 6.07) is 16.9. The van der Waals surface area contributed by atoms with Crippen LogP contribution >= 0.6 is 11.8 Å². The number of amides is 1. The predicted octanol–water partition coefficient (Wildman–Crippen LogP) is 3.21. The molecule has 4 aromatic rings. The summed E-state index contributed by atoms with van der Waals surface area (Å²) in [5.74, 6) is 0.680. The van der Waals surface area contributed by atoms with Gasteiger partial charge in [0.25, 0.3) is 5.56 Å². The number of anilines is 1. The Labute approximate surface area is 172 Å². The zero-order valence-corrected chi connectivity index (χ0v) is 17.1. The summed E-state index contributed by atoms with van der Waals surface area (Å²) in [5.41, 5.74) is 1.52. The van der Waals surface area contributed by atoms with Gasteiger partial charge in [0.2, 0.25) is 11.7 Å². The number of carbonyl (C=O) groups is 1. The van der Waals surface area contributed by atoms with Crippen LogP contribution in [0.1, 0.15) is 13.3 Å². The lowest BCUT2D eigenvalue weighted by Crippen LogP contribution is -2.28. The second-order valence-corrected chi connectivity index (χ2v) is 7.61. The number of nitrogens with zero attached hydrogens (tertiary/aromatic N) is 5. The van der Waals surface area contributed by atoms with Crippen molar-refractivity contribution in [3.05, 3.63) is 65.0 Å². The SMILES string of the molecule is CCCn1c(=O)c2ccccc2n2c(SCC(=O)N(C)c3ccccc3)nnc12. The Morgan fingerprint density at radius 3 is 2.55 bits per heavy atom. The van der Waals surface area contributed by atoms with Crippen molar-refractivity contribution in [2.45, 2.75) is 25.0 Å². The highest BCUT2D eigenvalue weighted by Crippen LogP contribution is 2.22. The minimum Gasteiger partial charge on any atom is -0.315 e. The third kappa shape index (κ3) is 3.51. The van der Waals surface area contributed by atoms with Gasteiger partial charge in [-0.25, -0.2) is 0 Å². The molecule has 1 amide bonds. The number of thioether (sulfide) groups is 1. The first-order valence-corrected chi connectivity index (χ1v) is 10.4. The highest BCUT2D eigenvalue weighted by atomic mass is 32.2. The molecule has 7 nitrogen and oxygen atoms in total. The summed E-state index contributed by atoms with van der Waals surface area (Å²) in [6.07, 6.45) is 0.809. The molecule has 0 unspecified atom stereocenters. The lowest BCUT2D eigenvalue weighted by molar-refractivity contribution is -0.115. The van der Waals surface area contributed by atoms with E-state index in [4.69, 9.17) is 0 Å². The molecule has 0 saturated heterocycles. The number of benzene rings is 2. The van der Waals surface area contributed by atoms with E-state index >= 15 is 0 Å². The van der Waals surface area contributed by atoms with Crippen molar-refractivity contribution in [3.8, 4) is 0 Å². The zero-order chi connectivity index (χ0) is 20.4. The second-order valence-electron chi connectivity index (χ2n) is 6.67. The number of hydrogen-bond donors (Lipinski definition) is 0. The van der Waals surface area contributed by atoms with Crippen LogP contribution in [0.25, 0.3) is 16.7 Å². The van der Waals surface area contributed by atoms with E-state index in [9.17, 15) is 9.59 Å². The second kappa shape index (κ2) is 8.08. The lowest BCUT2D eigenvalue weighted by Gasteiger charge is -2.16. The van der Waals surface area contributed by atoms with Crippen LogP contribution in [-0.4, -0.2) is 37.9 Å². The van der Waals surface area contributed by atoms with Crippen LogP contribution < -0.4 is 10.5 Å². The highest BCUT2D eigenvalue weighted by Gasteiger charge is 2.18. The number of aromatic nitrogens is 4. The van der Waals surface area contributed by atoms with E-state index in [-0.39, 0.29) is 17.2 Å². The Hall–Kier alpha value is -3.13. The van der Waals surface area contributed by atoms with E-state index in [2.05, 4.69) is 10.2 Å². The zero-order valence-electron chi connectivity index (χ0n) is 16.3. The van der Waals surface area contributed by atoms with Crippen LogP contribution in [0.15, 0.2) is 64.5 Å². The smallest absolute Gasteiger partial charge is 0.262 e. The highest BCUT2D eigenvalue weighted by molar-refractivity contribution is 7.99. The summed E-state index contributed by atoms with van der Waals surface area (Å²) in [6.45, 7) is 2.58. The number of carbonyl (C=O) groups excluding carboxylic acids is 1. The summed E-state index contributed by atoms with van der Waals surface area (Å²) in [4.78, 5) is 27.1. The van der Waals surface area contributed by atoms with Gasteiger partial charge in [-0.3, -0.25) is 18.6 Å². The largest absolute Gasteiger partial charge is 0.315 e. The lowest BCUT2D eigenvalue weighted by atomic mass is 10.2. The molecule has 0 fully saturated rings. The molecule has 2 aromatic carbocycles. The molecule has 0 radical (unpaired) electrons. The Bertz CT molecular complexity index is 1230. The fourth-order valence-corrected chi connectivity index (χ4v) is 4.12. The Balaban J connectivity index is 1.70. The fraction of sp³-hybridized carbons (Fsp3) is 0.238. The summed E-state index contributed by atoms with van der Waals surface area (Å²) < 4.78 is 3.52. The molecule has 0 aliphatic heterocycles. The molecular weight excluding hydrogens is 386 g/mol. The maximum absolute atomic E-state index is 12.9. The van der Waals surface area contributed by atoms with E-state index in [1.54, 1.807) is 16.5 Å². The summed E-state index contributed by atoms with van der Waals surface area (Å²) in [7, 11) is 1.76. The molecule has 0 N–H and O–H groups in total. The number of fused-ring (bicyclic) bond motifs is 3. The summed E-state index contributed by atoms with van der Waals surface area (Å²) >= 11 is 1.32. The molecular formula is C21H21N5O2S. The van der Waals surface area contributed by atoms with Crippen LogP contribution in [0.4, 0.5) is 5.69 Å². The first kappa shape index (κ1) is 19.2. The average Bonchev–Trinajstić information content (AvgIpc) is 3.19. The normalized spacial score (nSPS) is 11.2. The Kier molecular flexibility index (Phi) is 5.35. The molecule has 148 valence electrons. The standard InChI is InChI=1S/C21H21N5O2S/c1-3-13-25-19(28)16-11-7-8-12-17(16)26-20(25)22-23-21(26)29-14-18(27)24(2)15-9-5-4-6-10-15/h4-12H,3,13-14H2,1-2H3. The molecule has 0 bridgehead atoms. The minimum absolute atomic E-state index is 0.0378. The van der Waals surface area contributed by atoms with Gasteiger partial charge in [-0.2, -0.15) is 0 Å². The van der Waals surface area contributed by atoms with Crippen LogP contribution in [0.2, 0.25) is 0 Å². The molecule has 2 heterocycles. The fourth-order valence-electron chi connectivity index (χ4n) is 3.27. The number of rotatable bonds is 6. The van der Waals surface area contributed by atoms with Gasteiger partial charge < -0.3 is 4.90 Å². The van der Waals surface area contributed by atoms with Gasteiger partial charge in [0, 0.05) is 19.3 Å². The van der Waals surface area contributed by atoms with Gasteiger partial charge in [-0.15, -0.1) is 10.2 Å². The van der Waals surface area contributed by atoms with Crippen LogP contribution in [-0.2, 0) is 11.3 Å². The minimum atomic E-state index is -0.0706. The molecule has 0 saturated carbocycles. The van der Waals surface area contributed by atoms with Crippen molar-refractivity contribution in [1.29, 1.82) is 0 Å². The molecule has 29 heavy (non-hydrogen) atoms. The van der Waals surface area contributed by atoms with Gasteiger partial charge in [0.1, 0.15) is 0 Å². The molecule has 0 spiro atoms. The molecule has 0 atom stereocenters. The maximum atomic E-state index is 12.9. The van der Waals surface area contributed by atoms with Gasteiger partial charge in [-0.05, 0) is 30.7 Å². The van der Waals surface area contributed by atoms with E-state index < -0.39 is 0 Å². The molecule has 0 aliphatic rings. The molecule has 4 rings (SSSR count). The van der Waals surface area contributed by atoms with E-state index in [1.807, 2.05) is 65.9 Å². The third-order valence-electron chi connectivity index (χ3n) is 4.77. The maximum Gasteiger partial charge on any atom is 0.262 e. The van der Waals surface area contributed by atoms with Gasteiger partial charge >= 0.3 is 0 Å². The van der Waals surface area contributed by atoms with E-state index in [0.717, 1.165) is 17.6 Å². The van der Waals surface area contributed by atoms with Gasteiger partial charge in [0.15, 0.2) is 5.16 Å². The number of hydrogen-bond acceptors (Lipinski definition) is 5. The Morgan fingerprint density at radius 1 is 1.07 bits per heavy atom. The predicted molar refractivity (Wildman–Crippen MR) is 116 cm³/mol. The Morgan fingerprint density at radius 2 is 1.79 bits per heavy atom. The van der Waals surface area contributed by atoms with E-state index in [0.29, 0.717) is 22.9 Å². The molecule has 8 heteroatoms. The number of para-hydroxylation sites is 2. The third-order valence-corrected chi connectivity index (χ3v) is 5.68. The van der Waals surface area contributed by atoms with Crippen LogP contribution in [0.5, 0.6) is 0 Å². The van der Waals surface area contributed by atoms with Gasteiger partial charge in [0.05, 0.1) is 16.7 Å². The van der Waals surface area contributed by atoms with Crippen molar-refractivity contribution in [3.63, 3.8) is 0 Å². The monoisotopic (exact) mass is 407 g/mol.